The number of benzene rings is 2. The van der Waals surface area contributed by atoms with E-state index >= 15 is 0 Å². The highest BCUT2D eigenvalue weighted by molar-refractivity contribution is 6.31. The molecule has 0 saturated heterocycles. The van der Waals surface area contributed by atoms with E-state index in [2.05, 4.69) is 45.7 Å². The zero-order chi connectivity index (χ0) is 26.5. The smallest absolute Gasteiger partial charge is 0.414 e. The number of carbonyl (C=O) groups excluding carboxylic acids is 1. The molecule has 3 aromatic rings. The quantitative estimate of drug-likeness (QED) is 0.343. The number of amides is 1. The van der Waals surface area contributed by atoms with Gasteiger partial charge in [0.2, 0.25) is 5.91 Å². The summed E-state index contributed by atoms with van der Waals surface area (Å²) in [5.74, 6) is -3.07. The summed E-state index contributed by atoms with van der Waals surface area (Å²) in [5, 5.41) is 19.7. The van der Waals surface area contributed by atoms with Crippen LogP contribution in [0.15, 0.2) is 48.7 Å². The Morgan fingerprint density at radius 1 is 1.11 bits per heavy atom. The van der Waals surface area contributed by atoms with Gasteiger partial charge in [0.25, 0.3) is 0 Å². The number of halogens is 1. The minimum absolute atomic E-state index is 0.0105. The first-order chi connectivity index (χ1) is 17.7. The van der Waals surface area contributed by atoms with Gasteiger partial charge in [-0.2, -0.15) is 0 Å². The van der Waals surface area contributed by atoms with Crippen LogP contribution in [-0.4, -0.2) is 57.6 Å². The van der Waals surface area contributed by atoms with E-state index in [4.69, 9.17) is 31.4 Å². The molecule has 4 N–H and O–H groups in total. The minimum Gasteiger partial charge on any atom is -0.473 e. The van der Waals surface area contributed by atoms with Crippen molar-refractivity contribution in [2.24, 2.45) is 0 Å². The number of aliphatic carboxylic acids is 2. The van der Waals surface area contributed by atoms with E-state index in [9.17, 15) is 4.79 Å². The molecule has 0 fully saturated rings. The number of rotatable bonds is 5. The Balaban J connectivity index is 0.000000480. The van der Waals surface area contributed by atoms with Gasteiger partial charge >= 0.3 is 11.9 Å². The molecule has 0 spiro atoms. The van der Waals surface area contributed by atoms with E-state index in [1.54, 1.807) is 6.92 Å². The van der Waals surface area contributed by atoms with Crippen molar-refractivity contribution in [1.29, 1.82) is 0 Å². The first kappa shape index (κ1) is 26.4. The lowest BCUT2D eigenvalue weighted by Crippen LogP contribution is -2.30. The molecule has 0 bridgehead atoms. The number of aryl methyl sites for hydroxylation is 1. The van der Waals surface area contributed by atoms with Crippen LogP contribution in [0.1, 0.15) is 48.8 Å². The van der Waals surface area contributed by atoms with Crippen molar-refractivity contribution in [2.75, 3.05) is 25.0 Å². The normalized spacial score (nSPS) is 16.9. The van der Waals surface area contributed by atoms with Crippen LogP contribution >= 0.6 is 11.6 Å². The average Bonchev–Trinajstić information content (AvgIpc) is 3.46. The van der Waals surface area contributed by atoms with Crippen molar-refractivity contribution >= 4 is 51.6 Å². The molecule has 0 radical (unpaired) electrons. The van der Waals surface area contributed by atoms with Crippen LogP contribution in [0.2, 0.25) is 5.02 Å². The van der Waals surface area contributed by atoms with Gasteiger partial charge in [-0.05, 0) is 79.1 Å². The van der Waals surface area contributed by atoms with Crippen molar-refractivity contribution < 1.29 is 24.6 Å². The number of carbonyl (C=O) groups is 3. The maximum atomic E-state index is 11.4. The topological polar surface area (TPSA) is 123 Å². The largest absolute Gasteiger partial charge is 0.473 e. The molecule has 1 aliphatic heterocycles. The van der Waals surface area contributed by atoms with Crippen LogP contribution in [0.5, 0.6) is 0 Å². The summed E-state index contributed by atoms with van der Waals surface area (Å²) >= 11 is 6.12. The predicted molar refractivity (Wildman–Crippen MR) is 144 cm³/mol. The number of carboxylic acid groups (broad SMARTS) is 2. The number of anilines is 1. The Morgan fingerprint density at radius 2 is 1.89 bits per heavy atom. The number of carboxylic acids is 2. The molecule has 2 aromatic carbocycles. The van der Waals surface area contributed by atoms with Gasteiger partial charge in [-0.25, -0.2) is 9.59 Å². The lowest BCUT2D eigenvalue weighted by Gasteiger charge is -2.27. The second-order valence-electron chi connectivity index (χ2n) is 9.40. The van der Waals surface area contributed by atoms with Crippen LogP contribution in [0.25, 0.3) is 16.5 Å². The summed E-state index contributed by atoms with van der Waals surface area (Å²) in [5.41, 5.74) is 7.63. The van der Waals surface area contributed by atoms with Gasteiger partial charge in [0.1, 0.15) is 0 Å². The Labute approximate surface area is 219 Å². The third kappa shape index (κ3) is 6.58. The van der Waals surface area contributed by atoms with Gasteiger partial charge < -0.3 is 20.5 Å². The Morgan fingerprint density at radius 3 is 2.57 bits per heavy atom. The Kier molecular flexibility index (Phi) is 8.31. The Hall–Kier alpha value is -3.62. The van der Waals surface area contributed by atoms with Crippen molar-refractivity contribution in [2.45, 2.75) is 38.5 Å². The van der Waals surface area contributed by atoms with Crippen molar-refractivity contribution in [3.05, 3.63) is 70.4 Å². The van der Waals surface area contributed by atoms with Gasteiger partial charge in [0.15, 0.2) is 0 Å². The van der Waals surface area contributed by atoms with Crippen molar-refractivity contribution in [1.82, 2.24) is 9.88 Å². The van der Waals surface area contributed by atoms with Gasteiger partial charge in [-0.15, -0.1) is 0 Å². The standard InChI is InChI=1S/C26H28ClN3O.C2H2O4/c1-17(31)29-22-6-4-18-2-3-19(24(18)15-22)8-11-30-12-9-20(10-13-30)25-16-28-26-14-21(27)5-7-23(25)26;3-1(4)2(5)6/h4-7,9,14-16,19,28H,2-3,8,10-13H2,1H3,(H,29,31);(H,3,4)(H,5,6). The van der Waals surface area contributed by atoms with Crippen LogP contribution in [-0.2, 0) is 20.8 Å². The second-order valence-corrected chi connectivity index (χ2v) is 9.84. The van der Waals surface area contributed by atoms with E-state index in [1.165, 1.54) is 40.5 Å². The number of fused-ring (bicyclic) bond motifs is 2. The van der Waals surface area contributed by atoms with Crippen LogP contribution in [0, 0.1) is 0 Å². The first-order valence-electron chi connectivity index (χ1n) is 12.3. The number of H-pyrrole nitrogens is 1. The van der Waals surface area contributed by atoms with E-state index in [-0.39, 0.29) is 5.91 Å². The molecule has 2 heterocycles. The minimum atomic E-state index is -1.82. The van der Waals surface area contributed by atoms with Gasteiger partial charge in [0.05, 0.1) is 0 Å². The number of hydrogen-bond donors (Lipinski definition) is 4. The molecule has 1 aliphatic carbocycles. The third-order valence-corrected chi connectivity index (χ3v) is 7.16. The molecule has 1 atom stereocenters. The average molecular weight is 524 g/mol. The van der Waals surface area contributed by atoms with Gasteiger partial charge in [0, 0.05) is 53.4 Å². The highest BCUT2D eigenvalue weighted by Crippen LogP contribution is 2.37. The van der Waals surface area contributed by atoms with Crippen LogP contribution < -0.4 is 5.32 Å². The fourth-order valence-electron chi connectivity index (χ4n) is 5.13. The van der Waals surface area contributed by atoms with E-state index < -0.39 is 11.9 Å². The molecule has 0 saturated carbocycles. The lowest BCUT2D eigenvalue weighted by atomic mass is 9.95. The highest BCUT2D eigenvalue weighted by Gasteiger charge is 2.24. The van der Waals surface area contributed by atoms with Crippen molar-refractivity contribution in [3.8, 4) is 0 Å². The summed E-state index contributed by atoms with van der Waals surface area (Å²) in [6.45, 7) is 4.77. The molecule has 9 heteroatoms. The lowest BCUT2D eigenvalue weighted by molar-refractivity contribution is -0.159. The summed E-state index contributed by atoms with van der Waals surface area (Å²) in [6.07, 6.45) is 9.11. The fraction of sp³-hybridized carbons (Fsp3) is 0.321. The van der Waals surface area contributed by atoms with Crippen LogP contribution in [0.4, 0.5) is 5.69 Å². The third-order valence-electron chi connectivity index (χ3n) is 6.93. The molecule has 1 aromatic heterocycles. The fourth-order valence-corrected chi connectivity index (χ4v) is 5.30. The monoisotopic (exact) mass is 523 g/mol. The van der Waals surface area contributed by atoms with Gasteiger partial charge in [-0.1, -0.05) is 29.8 Å². The molecule has 1 amide bonds. The number of aromatic nitrogens is 1. The second kappa shape index (κ2) is 11.6. The summed E-state index contributed by atoms with van der Waals surface area (Å²) in [4.78, 5) is 35.5. The summed E-state index contributed by atoms with van der Waals surface area (Å²) < 4.78 is 0. The molecule has 37 heavy (non-hydrogen) atoms. The number of aromatic amines is 1. The zero-order valence-corrected chi connectivity index (χ0v) is 21.3. The molecule has 1 unspecified atom stereocenters. The molecule has 5 rings (SSSR count). The predicted octanol–water partition coefficient (Wildman–Crippen LogP) is 5.14. The number of nitrogens with one attached hydrogen (secondary N) is 2. The molecule has 8 nitrogen and oxygen atoms in total. The summed E-state index contributed by atoms with van der Waals surface area (Å²) in [6, 6.07) is 12.5. The molecule has 2 aliphatic rings. The maximum Gasteiger partial charge on any atom is 0.414 e. The molecular weight excluding hydrogens is 494 g/mol. The van der Waals surface area contributed by atoms with Gasteiger partial charge in [-0.3, -0.25) is 9.69 Å². The van der Waals surface area contributed by atoms with Crippen LogP contribution in [0.3, 0.4) is 0 Å². The first-order valence-corrected chi connectivity index (χ1v) is 12.6. The SMILES string of the molecule is CC(=O)Nc1ccc2c(c1)C(CCN1CC=C(c3c[nH]c4cc(Cl)ccc34)CC1)CC2.O=C(O)C(=O)O. The maximum absolute atomic E-state index is 11.4. The molecule has 194 valence electrons. The van der Waals surface area contributed by atoms with E-state index in [0.717, 1.165) is 48.7 Å². The van der Waals surface area contributed by atoms with Crippen molar-refractivity contribution in [3.63, 3.8) is 0 Å². The Bertz CT molecular complexity index is 1350. The van der Waals surface area contributed by atoms with E-state index in [1.807, 2.05) is 18.2 Å². The number of hydrogen-bond acceptors (Lipinski definition) is 4. The molecular formula is C28H30ClN3O5. The van der Waals surface area contributed by atoms with E-state index in [0.29, 0.717) is 5.92 Å². The zero-order valence-electron chi connectivity index (χ0n) is 20.6. The highest BCUT2D eigenvalue weighted by atomic mass is 35.5. The number of nitrogens with zero attached hydrogens (tertiary/aromatic N) is 1. The summed E-state index contributed by atoms with van der Waals surface area (Å²) in [7, 11) is 0.